The zero-order chi connectivity index (χ0) is 22.0. The Morgan fingerprint density at radius 3 is 2.17 bits per heavy atom. The van der Waals surface area contributed by atoms with Crippen LogP contribution >= 0.6 is 11.6 Å². The first kappa shape index (κ1) is 22.9. The Morgan fingerprint density at radius 2 is 1.69 bits per heavy atom. The number of hydrogen-bond donors (Lipinski definition) is 1. The number of carbonyl (C=O) groups is 2. The minimum Gasteiger partial charge on any atom is -0.330 e. The van der Waals surface area contributed by atoms with Crippen LogP contribution in [0.25, 0.3) is 0 Å². The largest absolute Gasteiger partial charge is 0.330 e. The van der Waals surface area contributed by atoms with Crippen molar-refractivity contribution in [2.45, 2.75) is 59.4 Å². The molecule has 0 aliphatic heterocycles. The number of carbonyl (C=O) groups excluding carboxylic acids is 2. The number of aromatic nitrogens is 2. The van der Waals surface area contributed by atoms with E-state index in [2.05, 4.69) is 26.1 Å². The van der Waals surface area contributed by atoms with Crippen LogP contribution in [0.15, 0.2) is 30.3 Å². The zero-order valence-corrected chi connectivity index (χ0v) is 19.1. The molecule has 0 aliphatic rings. The van der Waals surface area contributed by atoms with Crippen LogP contribution in [0.5, 0.6) is 0 Å². The third-order valence-electron chi connectivity index (χ3n) is 4.48. The van der Waals surface area contributed by atoms with E-state index >= 15 is 0 Å². The molecule has 0 spiro atoms. The summed E-state index contributed by atoms with van der Waals surface area (Å²) in [4.78, 5) is 27.0. The van der Waals surface area contributed by atoms with Crippen LogP contribution in [0.3, 0.4) is 0 Å². The molecular formula is C22H31ClN4O2. The maximum atomic E-state index is 12.7. The van der Waals surface area contributed by atoms with Crippen molar-refractivity contribution in [2.75, 3.05) is 18.4 Å². The second kappa shape index (κ2) is 8.57. The average Bonchev–Trinajstić information content (AvgIpc) is 3.04. The number of benzene rings is 1. The molecule has 7 heteroatoms. The second-order valence-electron chi connectivity index (χ2n) is 9.12. The molecule has 6 nitrogen and oxygen atoms in total. The molecule has 1 aromatic heterocycles. The Hall–Kier alpha value is -2.34. The van der Waals surface area contributed by atoms with Crippen molar-refractivity contribution in [3.8, 4) is 0 Å². The first-order valence-corrected chi connectivity index (χ1v) is 10.2. The van der Waals surface area contributed by atoms with E-state index < -0.39 is 0 Å². The standard InChI is InChI=1S/C22H31ClN4O2/c1-8-26(20(29)15-9-11-16(23)12-10-15)14-19(28)24-18-13-17(21(2,3)4)25-27(18)22(5,6)7/h9-13H,8,14H2,1-7H3,(H,24,28). The van der Waals surface area contributed by atoms with Gasteiger partial charge in [-0.05, 0) is 52.0 Å². The summed E-state index contributed by atoms with van der Waals surface area (Å²) in [6.45, 7) is 14.6. The highest BCUT2D eigenvalue weighted by Gasteiger charge is 2.26. The molecule has 0 atom stereocenters. The molecule has 2 rings (SSSR count). The van der Waals surface area contributed by atoms with Gasteiger partial charge in [0, 0.05) is 28.6 Å². The Bertz CT molecular complexity index is 874. The third-order valence-corrected chi connectivity index (χ3v) is 4.73. The van der Waals surface area contributed by atoms with Gasteiger partial charge < -0.3 is 10.2 Å². The van der Waals surface area contributed by atoms with Gasteiger partial charge in [0.25, 0.3) is 5.91 Å². The SMILES string of the molecule is CCN(CC(=O)Nc1cc(C(C)(C)C)nn1C(C)(C)C)C(=O)c1ccc(Cl)cc1. The van der Waals surface area contributed by atoms with Crippen molar-refractivity contribution >= 4 is 29.2 Å². The Kier molecular flexibility index (Phi) is 6.78. The number of nitrogens with one attached hydrogen (secondary N) is 1. The molecule has 1 N–H and O–H groups in total. The van der Waals surface area contributed by atoms with Gasteiger partial charge in [-0.25, -0.2) is 4.68 Å². The molecule has 0 aliphatic carbocycles. The van der Waals surface area contributed by atoms with E-state index in [1.54, 1.807) is 24.3 Å². The van der Waals surface area contributed by atoms with Crippen LogP contribution in [0.2, 0.25) is 5.02 Å². The van der Waals surface area contributed by atoms with Crippen molar-refractivity contribution in [3.63, 3.8) is 0 Å². The van der Waals surface area contributed by atoms with Crippen LogP contribution in [-0.2, 0) is 15.7 Å². The van der Waals surface area contributed by atoms with E-state index in [0.717, 1.165) is 5.69 Å². The number of halogens is 1. The van der Waals surface area contributed by atoms with Crippen LogP contribution in [0.1, 0.15) is 64.5 Å². The molecule has 0 radical (unpaired) electrons. The molecule has 1 aromatic carbocycles. The minimum absolute atomic E-state index is 0.0435. The fourth-order valence-electron chi connectivity index (χ4n) is 2.81. The van der Waals surface area contributed by atoms with Gasteiger partial charge in [0.1, 0.15) is 12.4 Å². The van der Waals surface area contributed by atoms with E-state index in [-0.39, 0.29) is 29.3 Å². The van der Waals surface area contributed by atoms with Gasteiger partial charge in [0.2, 0.25) is 5.91 Å². The maximum Gasteiger partial charge on any atom is 0.254 e. The molecule has 0 saturated heterocycles. The van der Waals surface area contributed by atoms with E-state index in [4.69, 9.17) is 16.7 Å². The molecule has 0 unspecified atom stereocenters. The van der Waals surface area contributed by atoms with Gasteiger partial charge in [0.15, 0.2) is 0 Å². The molecule has 1 heterocycles. The molecule has 2 amide bonds. The quantitative estimate of drug-likeness (QED) is 0.765. The minimum atomic E-state index is -0.296. The first-order valence-electron chi connectivity index (χ1n) is 9.78. The van der Waals surface area contributed by atoms with Crippen molar-refractivity contribution in [1.82, 2.24) is 14.7 Å². The lowest BCUT2D eigenvalue weighted by Gasteiger charge is -2.24. The van der Waals surface area contributed by atoms with Crippen molar-refractivity contribution < 1.29 is 9.59 Å². The topological polar surface area (TPSA) is 67.2 Å². The first-order chi connectivity index (χ1) is 13.3. The van der Waals surface area contributed by atoms with E-state index in [0.29, 0.717) is 22.9 Å². The highest BCUT2D eigenvalue weighted by molar-refractivity contribution is 6.30. The predicted molar refractivity (Wildman–Crippen MR) is 118 cm³/mol. The molecule has 29 heavy (non-hydrogen) atoms. The van der Waals surface area contributed by atoms with E-state index in [1.807, 2.05) is 38.4 Å². The fraction of sp³-hybridized carbons (Fsp3) is 0.500. The molecule has 0 bridgehead atoms. The molecule has 0 fully saturated rings. The van der Waals surface area contributed by atoms with Crippen molar-refractivity contribution in [1.29, 1.82) is 0 Å². The van der Waals surface area contributed by atoms with Gasteiger partial charge in [-0.1, -0.05) is 32.4 Å². The van der Waals surface area contributed by atoms with E-state index in [9.17, 15) is 9.59 Å². The van der Waals surface area contributed by atoms with Crippen LogP contribution in [0.4, 0.5) is 5.82 Å². The summed E-state index contributed by atoms with van der Waals surface area (Å²) < 4.78 is 1.82. The fourth-order valence-corrected chi connectivity index (χ4v) is 2.93. The molecule has 0 saturated carbocycles. The predicted octanol–water partition coefficient (Wildman–Crippen LogP) is 4.69. The summed E-state index contributed by atoms with van der Waals surface area (Å²) >= 11 is 5.89. The Morgan fingerprint density at radius 1 is 1.10 bits per heavy atom. The number of likely N-dealkylation sites (N-methyl/N-ethyl adjacent to an activating group) is 1. The third kappa shape index (κ3) is 5.82. The number of rotatable bonds is 5. The lowest BCUT2D eigenvalue weighted by atomic mass is 9.92. The summed E-state index contributed by atoms with van der Waals surface area (Å²) in [6.07, 6.45) is 0. The number of nitrogens with zero attached hydrogens (tertiary/aromatic N) is 3. The van der Waals surface area contributed by atoms with Crippen molar-refractivity contribution in [3.05, 3.63) is 46.6 Å². The summed E-state index contributed by atoms with van der Waals surface area (Å²) in [7, 11) is 0. The van der Waals surface area contributed by atoms with Crippen LogP contribution in [0, 0.1) is 0 Å². The molecular weight excluding hydrogens is 388 g/mol. The summed E-state index contributed by atoms with van der Waals surface area (Å²) in [6, 6.07) is 8.56. The van der Waals surface area contributed by atoms with E-state index in [1.165, 1.54) is 4.90 Å². The number of anilines is 1. The highest BCUT2D eigenvalue weighted by atomic mass is 35.5. The van der Waals surface area contributed by atoms with Gasteiger partial charge >= 0.3 is 0 Å². The number of hydrogen-bond acceptors (Lipinski definition) is 3. The maximum absolute atomic E-state index is 12.7. The Balaban J connectivity index is 2.19. The molecule has 158 valence electrons. The lowest BCUT2D eigenvalue weighted by molar-refractivity contribution is -0.116. The lowest BCUT2D eigenvalue weighted by Crippen LogP contribution is -2.38. The summed E-state index contributed by atoms with van der Waals surface area (Å²) in [5.74, 6) is 0.154. The molecule has 2 aromatic rings. The van der Waals surface area contributed by atoms with Crippen LogP contribution in [-0.4, -0.2) is 39.6 Å². The van der Waals surface area contributed by atoms with Gasteiger partial charge in [-0.15, -0.1) is 0 Å². The summed E-state index contributed by atoms with van der Waals surface area (Å²) in [5.41, 5.74) is 0.956. The normalized spacial score (nSPS) is 12.0. The smallest absolute Gasteiger partial charge is 0.254 e. The van der Waals surface area contributed by atoms with Crippen molar-refractivity contribution in [2.24, 2.45) is 0 Å². The average molecular weight is 419 g/mol. The second-order valence-corrected chi connectivity index (χ2v) is 9.56. The van der Waals surface area contributed by atoms with Gasteiger partial charge in [0.05, 0.1) is 11.2 Å². The van der Waals surface area contributed by atoms with Gasteiger partial charge in [-0.2, -0.15) is 5.10 Å². The monoisotopic (exact) mass is 418 g/mol. The Labute approximate surface area is 178 Å². The zero-order valence-electron chi connectivity index (χ0n) is 18.3. The summed E-state index contributed by atoms with van der Waals surface area (Å²) in [5, 5.41) is 8.20. The number of amides is 2. The highest BCUT2D eigenvalue weighted by Crippen LogP contribution is 2.28. The van der Waals surface area contributed by atoms with Gasteiger partial charge in [-0.3, -0.25) is 9.59 Å². The van der Waals surface area contributed by atoms with Crippen LogP contribution < -0.4 is 5.32 Å².